The number of hydrogen-bond donors (Lipinski definition) is 0. The summed E-state index contributed by atoms with van der Waals surface area (Å²) < 4.78 is 5.54. The van der Waals surface area contributed by atoms with Crippen LogP contribution in [0, 0.1) is 0 Å². The van der Waals surface area contributed by atoms with Crippen LogP contribution in [0.4, 0.5) is 0 Å². The summed E-state index contributed by atoms with van der Waals surface area (Å²) in [4.78, 5) is 0. The van der Waals surface area contributed by atoms with Crippen LogP contribution < -0.4 is 4.74 Å². The first-order valence-electron chi connectivity index (χ1n) is 6.34. The van der Waals surface area contributed by atoms with Gasteiger partial charge >= 0.3 is 0 Å². The Labute approximate surface area is 111 Å². The third kappa shape index (κ3) is 2.15. The molecule has 0 unspecified atom stereocenters. The first-order chi connectivity index (χ1) is 9.40. The summed E-state index contributed by atoms with van der Waals surface area (Å²) in [5.74, 6) is 0.595. The monoisotopic (exact) mass is 250 g/mol. The molecule has 0 aliphatic rings. The molecule has 0 saturated carbocycles. The second-order valence-corrected chi connectivity index (χ2v) is 4.20. The molecule has 2 aromatic carbocycles. The van der Waals surface area contributed by atoms with Gasteiger partial charge in [0.05, 0.1) is 6.61 Å². The van der Waals surface area contributed by atoms with Gasteiger partial charge in [0.1, 0.15) is 5.69 Å². The van der Waals surface area contributed by atoms with Crippen molar-refractivity contribution >= 4 is 10.8 Å². The molecule has 3 aromatic rings. The van der Waals surface area contributed by atoms with E-state index in [4.69, 9.17) is 4.74 Å². The molecule has 0 amide bonds. The van der Waals surface area contributed by atoms with Gasteiger partial charge in [-0.3, -0.25) is 0 Å². The molecule has 0 atom stereocenters. The molecule has 0 saturated heterocycles. The number of hydrogen-bond acceptors (Lipinski definition) is 3. The zero-order chi connectivity index (χ0) is 13.1. The Kier molecular flexibility index (Phi) is 3.11. The second-order valence-electron chi connectivity index (χ2n) is 4.20. The van der Waals surface area contributed by atoms with E-state index in [1.807, 2.05) is 55.5 Å². The molecule has 19 heavy (non-hydrogen) atoms. The minimum atomic E-state index is 0.587. The Morgan fingerprint density at radius 2 is 1.53 bits per heavy atom. The minimum Gasteiger partial charge on any atom is -0.476 e. The van der Waals surface area contributed by atoms with Crippen molar-refractivity contribution in [3.05, 3.63) is 54.6 Å². The highest BCUT2D eigenvalue weighted by Crippen LogP contribution is 2.30. The second kappa shape index (κ2) is 5.06. The molecule has 3 heteroatoms. The molecule has 0 N–H and O–H groups in total. The Bertz CT molecular complexity index is 695. The molecule has 0 spiro atoms. The maximum Gasteiger partial charge on any atom is 0.241 e. The van der Waals surface area contributed by atoms with Crippen LogP contribution >= 0.6 is 0 Å². The summed E-state index contributed by atoms with van der Waals surface area (Å²) in [6, 6.07) is 18.1. The summed E-state index contributed by atoms with van der Waals surface area (Å²) in [5, 5.41) is 10.6. The average Bonchev–Trinajstić information content (AvgIpc) is 2.49. The Balaban J connectivity index is 2.25. The fraction of sp³-hybridized carbons (Fsp3) is 0.125. The quantitative estimate of drug-likeness (QED) is 0.711. The number of ether oxygens (including phenoxy) is 1. The van der Waals surface area contributed by atoms with Crippen LogP contribution in [-0.2, 0) is 0 Å². The molecule has 0 fully saturated rings. The smallest absolute Gasteiger partial charge is 0.241 e. The zero-order valence-corrected chi connectivity index (χ0v) is 10.7. The molecule has 3 nitrogen and oxygen atoms in total. The van der Waals surface area contributed by atoms with Crippen molar-refractivity contribution in [1.29, 1.82) is 0 Å². The number of benzene rings is 2. The molecule has 94 valence electrons. The highest BCUT2D eigenvalue weighted by molar-refractivity contribution is 5.96. The third-order valence-corrected chi connectivity index (χ3v) is 2.98. The summed E-state index contributed by atoms with van der Waals surface area (Å²) in [5.41, 5.74) is 1.95. The Morgan fingerprint density at radius 1 is 0.842 bits per heavy atom. The minimum absolute atomic E-state index is 0.587. The van der Waals surface area contributed by atoms with Crippen molar-refractivity contribution in [2.24, 2.45) is 0 Å². The van der Waals surface area contributed by atoms with Gasteiger partial charge in [0.25, 0.3) is 0 Å². The molecule has 0 bridgehead atoms. The van der Waals surface area contributed by atoms with Crippen LogP contribution in [0.25, 0.3) is 22.0 Å². The van der Waals surface area contributed by atoms with Gasteiger partial charge in [-0.25, -0.2) is 0 Å². The zero-order valence-electron chi connectivity index (χ0n) is 10.7. The molecule has 0 radical (unpaired) electrons. The lowest BCUT2D eigenvalue weighted by Gasteiger charge is -2.09. The maximum atomic E-state index is 5.54. The van der Waals surface area contributed by atoms with Crippen molar-refractivity contribution < 1.29 is 4.74 Å². The fourth-order valence-corrected chi connectivity index (χ4v) is 2.13. The van der Waals surface area contributed by atoms with Crippen LogP contribution in [0.3, 0.4) is 0 Å². The summed E-state index contributed by atoms with van der Waals surface area (Å²) in [7, 11) is 0. The number of aromatic nitrogens is 2. The first-order valence-corrected chi connectivity index (χ1v) is 6.34. The Morgan fingerprint density at radius 3 is 2.26 bits per heavy atom. The number of fused-ring (bicyclic) bond motifs is 1. The normalized spacial score (nSPS) is 10.6. The highest BCUT2D eigenvalue weighted by Gasteiger charge is 2.10. The van der Waals surface area contributed by atoms with Crippen LogP contribution in [-0.4, -0.2) is 16.8 Å². The summed E-state index contributed by atoms with van der Waals surface area (Å²) in [6.45, 7) is 2.53. The molecule has 0 aliphatic heterocycles. The molecule has 3 rings (SSSR count). The van der Waals surface area contributed by atoms with E-state index in [1.165, 1.54) is 0 Å². The van der Waals surface area contributed by atoms with Crippen molar-refractivity contribution in [3.8, 4) is 17.1 Å². The van der Waals surface area contributed by atoms with Gasteiger partial charge in [0, 0.05) is 16.3 Å². The fourth-order valence-electron chi connectivity index (χ4n) is 2.13. The molecular formula is C16H14N2O. The van der Waals surface area contributed by atoms with Crippen molar-refractivity contribution in [2.75, 3.05) is 6.61 Å². The summed E-state index contributed by atoms with van der Waals surface area (Å²) in [6.07, 6.45) is 0. The predicted octanol–water partition coefficient (Wildman–Crippen LogP) is 3.70. The van der Waals surface area contributed by atoms with E-state index in [0.29, 0.717) is 12.5 Å². The first kappa shape index (κ1) is 11.7. The van der Waals surface area contributed by atoms with E-state index in [9.17, 15) is 0 Å². The van der Waals surface area contributed by atoms with Gasteiger partial charge in [0.15, 0.2) is 0 Å². The van der Waals surface area contributed by atoms with E-state index in [0.717, 1.165) is 22.0 Å². The van der Waals surface area contributed by atoms with Gasteiger partial charge < -0.3 is 4.74 Å². The standard InChI is InChI=1S/C16H14N2O/c1-2-19-16-14-11-7-6-10-13(14)15(17-18-16)12-8-4-3-5-9-12/h3-11H,2H2,1H3. The van der Waals surface area contributed by atoms with E-state index >= 15 is 0 Å². The average molecular weight is 250 g/mol. The van der Waals surface area contributed by atoms with E-state index < -0.39 is 0 Å². The number of nitrogens with zero attached hydrogens (tertiary/aromatic N) is 2. The van der Waals surface area contributed by atoms with Crippen molar-refractivity contribution in [1.82, 2.24) is 10.2 Å². The molecule has 1 heterocycles. The van der Waals surface area contributed by atoms with Crippen molar-refractivity contribution in [2.45, 2.75) is 6.92 Å². The predicted molar refractivity (Wildman–Crippen MR) is 76.1 cm³/mol. The van der Waals surface area contributed by atoms with Gasteiger partial charge in [-0.2, -0.15) is 0 Å². The van der Waals surface area contributed by atoms with Gasteiger partial charge in [-0.05, 0) is 13.0 Å². The number of rotatable bonds is 3. The van der Waals surface area contributed by atoms with Crippen LogP contribution in [0.5, 0.6) is 5.88 Å². The molecule has 1 aromatic heterocycles. The third-order valence-electron chi connectivity index (χ3n) is 2.98. The maximum absolute atomic E-state index is 5.54. The van der Waals surface area contributed by atoms with Crippen LogP contribution in [0.1, 0.15) is 6.92 Å². The highest BCUT2D eigenvalue weighted by atomic mass is 16.5. The van der Waals surface area contributed by atoms with E-state index in [-0.39, 0.29) is 0 Å². The lowest BCUT2D eigenvalue weighted by atomic mass is 10.1. The lowest BCUT2D eigenvalue weighted by molar-refractivity contribution is 0.327. The molecule has 0 aliphatic carbocycles. The van der Waals surface area contributed by atoms with E-state index in [2.05, 4.69) is 16.3 Å². The van der Waals surface area contributed by atoms with Gasteiger partial charge in [-0.15, -0.1) is 10.2 Å². The van der Waals surface area contributed by atoms with Crippen LogP contribution in [0.15, 0.2) is 54.6 Å². The SMILES string of the molecule is CCOc1nnc(-c2ccccc2)c2ccccc12. The lowest BCUT2D eigenvalue weighted by Crippen LogP contribution is -1.99. The topological polar surface area (TPSA) is 35.0 Å². The largest absolute Gasteiger partial charge is 0.476 e. The van der Waals surface area contributed by atoms with Gasteiger partial charge in [0.2, 0.25) is 5.88 Å². The van der Waals surface area contributed by atoms with E-state index in [1.54, 1.807) is 0 Å². The van der Waals surface area contributed by atoms with Gasteiger partial charge in [-0.1, -0.05) is 48.5 Å². The molecular weight excluding hydrogens is 236 g/mol. The van der Waals surface area contributed by atoms with Crippen molar-refractivity contribution in [3.63, 3.8) is 0 Å². The van der Waals surface area contributed by atoms with Crippen LogP contribution in [0.2, 0.25) is 0 Å². The Hall–Kier alpha value is -2.42. The summed E-state index contributed by atoms with van der Waals surface area (Å²) >= 11 is 0.